The topological polar surface area (TPSA) is 86.3 Å². The van der Waals surface area contributed by atoms with Crippen LogP contribution in [0.2, 0.25) is 0 Å². The van der Waals surface area contributed by atoms with Crippen LogP contribution in [-0.2, 0) is 4.74 Å². The maximum Gasteiger partial charge on any atom is 0.361 e. The highest BCUT2D eigenvalue weighted by molar-refractivity contribution is 5.94. The Morgan fingerprint density at radius 3 is 2.45 bits per heavy atom. The summed E-state index contributed by atoms with van der Waals surface area (Å²) in [7, 11) is 0. The lowest BCUT2D eigenvalue weighted by Crippen LogP contribution is -2.07. The van der Waals surface area contributed by atoms with Gasteiger partial charge in [0.2, 0.25) is 0 Å². The van der Waals surface area contributed by atoms with Crippen molar-refractivity contribution in [3.05, 3.63) is 23.9 Å². The van der Waals surface area contributed by atoms with Crippen molar-refractivity contribution in [1.29, 1.82) is 0 Å². The highest BCUT2D eigenvalue weighted by atomic mass is 16.5. The fourth-order valence-corrected chi connectivity index (χ4v) is 1.97. The molecule has 0 fully saturated rings. The first kappa shape index (κ1) is 15.8. The number of ether oxygens (including phenoxy) is 3. The van der Waals surface area contributed by atoms with E-state index in [-0.39, 0.29) is 12.3 Å². The van der Waals surface area contributed by atoms with E-state index in [0.29, 0.717) is 36.0 Å². The molecule has 0 atom stereocenters. The molecule has 1 heterocycles. The first-order chi connectivity index (χ1) is 10.7. The Morgan fingerprint density at radius 1 is 1.05 bits per heavy atom. The number of esters is 1. The van der Waals surface area contributed by atoms with Crippen molar-refractivity contribution in [1.82, 2.24) is 15.4 Å². The molecule has 118 valence electrons. The second-order valence-electron chi connectivity index (χ2n) is 4.27. The smallest absolute Gasteiger partial charge is 0.361 e. The lowest BCUT2D eigenvalue weighted by Gasteiger charge is -2.12. The van der Waals surface area contributed by atoms with Gasteiger partial charge in [0, 0.05) is 5.56 Å². The Bertz CT molecular complexity index is 639. The van der Waals surface area contributed by atoms with Gasteiger partial charge in [-0.2, -0.15) is 10.3 Å². The largest absolute Gasteiger partial charge is 0.490 e. The molecule has 0 saturated carbocycles. The summed E-state index contributed by atoms with van der Waals surface area (Å²) in [6.07, 6.45) is 0. The van der Waals surface area contributed by atoms with Gasteiger partial charge in [0.15, 0.2) is 17.2 Å². The minimum atomic E-state index is -0.516. The van der Waals surface area contributed by atoms with Gasteiger partial charge in [0.1, 0.15) is 5.69 Å². The van der Waals surface area contributed by atoms with Crippen molar-refractivity contribution < 1.29 is 19.0 Å². The molecule has 2 aromatic rings. The normalized spacial score (nSPS) is 10.3. The fourth-order valence-electron chi connectivity index (χ4n) is 1.97. The van der Waals surface area contributed by atoms with Crippen LogP contribution in [0.25, 0.3) is 11.3 Å². The van der Waals surface area contributed by atoms with Gasteiger partial charge in [-0.05, 0) is 39.0 Å². The lowest BCUT2D eigenvalue weighted by atomic mass is 10.1. The SMILES string of the molecule is CCOC(=O)c1n[nH]nc1-c1ccc(OCC)c(OCC)c1. The van der Waals surface area contributed by atoms with Crippen LogP contribution in [0.15, 0.2) is 18.2 Å². The maximum absolute atomic E-state index is 11.9. The van der Waals surface area contributed by atoms with Crippen molar-refractivity contribution >= 4 is 5.97 Å². The summed E-state index contributed by atoms with van der Waals surface area (Å²) in [6, 6.07) is 5.36. The monoisotopic (exact) mass is 305 g/mol. The average Bonchev–Trinajstić information content (AvgIpc) is 2.99. The molecule has 7 nitrogen and oxygen atoms in total. The number of nitrogens with one attached hydrogen (secondary N) is 1. The number of nitrogens with zero attached hydrogens (tertiary/aromatic N) is 2. The van der Waals surface area contributed by atoms with Crippen LogP contribution in [0, 0.1) is 0 Å². The van der Waals surface area contributed by atoms with Crippen molar-refractivity contribution in [2.24, 2.45) is 0 Å². The van der Waals surface area contributed by atoms with Gasteiger partial charge in [0.05, 0.1) is 19.8 Å². The van der Waals surface area contributed by atoms with Gasteiger partial charge < -0.3 is 14.2 Å². The van der Waals surface area contributed by atoms with Gasteiger partial charge in [-0.1, -0.05) is 0 Å². The summed E-state index contributed by atoms with van der Waals surface area (Å²) in [5.41, 5.74) is 1.26. The summed E-state index contributed by atoms with van der Waals surface area (Å²) in [6.45, 7) is 6.85. The molecular weight excluding hydrogens is 286 g/mol. The summed E-state index contributed by atoms with van der Waals surface area (Å²) >= 11 is 0. The molecule has 0 unspecified atom stereocenters. The zero-order valence-corrected chi connectivity index (χ0v) is 12.9. The lowest BCUT2D eigenvalue weighted by molar-refractivity contribution is 0.0520. The Kier molecular flexibility index (Phi) is 5.35. The van der Waals surface area contributed by atoms with E-state index in [9.17, 15) is 4.79 Å². The number of H-pyrrole nitrogens is 1. The summed E-state index contributed by atoms with van der Waals surface area (Å²) in [5, 5.41) is 10.4. The molecule has 0 saturated heterocycles. The molecular formula is C15H19N3O4. The van der Waals surface area contributed by atoms with Gasteiger partial charge in [0.25, 0.3) is 0 Å². The van der Waals surface area contributed by atoms with Crippen LogP contribution in [0.4, 0.5) is 0 Å². The zero-order chi connectivity index (χ0) is 15.9. The minimum absolute atomic E-state index is 0.147. The maximum atomic E-state index is 11.9. The number of carbonyl (C=O) groups excluding carboxylic acids is 1. The molecule has 0 spiro atoms. The summed E-state index contributed by atoms with van der Waals surface area (Å²) in [5.74, 6) is 0.729. The van der Waals surface area contributed by atoms with Crippen LogP contribution in [0.1, 0.15) is 31.3 Å². The van der Waals surface area contributed by atoms with Crippen molar-refractivity contribution in [3.63, 3.8) is 0 Å². The quantitative estimate of drug-likeness (QED) is 0.791. The van der Waals surface area contributed by atoms with E-state index in [1.54, 1.807) is 25.1 Å². The molecule has 0 radical (unpaired) electrons. The first-order valence-corrected chi connectivity index (χ1v) is 7.19. The average molecular weight is 305 g/mol. The summed E-state index contributed by atoms with van der Waals surface area (Å²) in [4.78, 5) is 11.9. The second-order valence-corrected chi connectivity index (χ2v) is 4.27. The predicted molar refractivity (Wildman–Crippen MR) is 80.1 cm³/mol. The van der Waals surface area contributed by atoms with Crippen LogP contribution in [0.3, 0.4) is 0 Å². The van der Waals surface area contributed by atoms with Gasteiger partial charge in [-0.3, -0.25) is 0 Å². The van der Waals surface area contributed by atoms with Crippen molar-refractivity contribution in [2.75, 3.05) is 19.8 Å². The van der Waals surface area contributed by atoms with E-state index in [1.165, 1.54) is 0 Å². The van der Waals surface area contributed by atoms with E-state index in [0.717, 1.165) is 0 Å². The number of hydrogen-bond donors (Lipinski definition) is 1. The molecule has 0 bridgehead atoms. The molecule has 0 amide bonds. The number of aromatic amines is 1. The van der Waals surface area contributed by atoms with E-state index >= 15 is 0 Å². The Hall–Kier alpha value is -2.57. The van der Waals surface area contributed by atoms with Crippen LogP contribution in [-0.4, -0.2) is 41.2 Å². The molecule has 0 aliphatic carbocycles. The first-order valence-electron chi connectivity index (χ1n) is 7.19. The van der Waals surface area contributed by atoms with Crippen LogP contribution in [0.5, 0.6) is 11.5 Å². The Morgan fingerprint density at radius 2 is 1.77 bits per heavy atom. The number of carbonyl (C=O) groups is 1. The number of rotatable bonds is 7. The third kappa shape index (κ3) is 3.36. The Labute approximate surface area is 128 Å². The molecule has 1 aromatic heterocycles. The van der Waals surface area contributed by atoms with Gasteiger partial charge in [-0.25, -0.2) is 4.79 Å². The second kappa shape index (κ2) is 7.44. The van der Waals surface area contributed by atoms with E-state index < -0.39 is 5.97 Å². The zero-order valence-electron chi connectivity index (χ0n) is 12.9. The highest BCUT2D eigenvalue weighted by Crippen LogP contribution is 2.33. The van der Waals surface area contributed by atoms with Gasteiger partial charge >= 0.3 is 5.97 Å². The Balaban J connectivity index is 2.39. The molecule has 1 N–H and O–H groups in total. The van der Waals surface area contributed by atoms with Crippen LogP contribution >= 0.6 is 0 Å². The van der Waals surface area contributed by atoms with Crippen LogP contribution < -0.4 is 9.47 Å². The molecule has 2 rings (SSSR count). The highest BCUT2D eigenvalue weighted by Gasteiger charge is 2.20. The minimum Gasteiger partial charge on any atom is -0.490 e. The standard InChI is InChI=1S/C15H19N3O4/c1-4-20-11-8-7-10(9-12(11)21-5-2)13-14(17-18-16-13)15(19)22-6-3/h7-9H,4-6H2,1-3H3,(H,16,17,18). The van der Waals surface area contributed by atoms with Gasteiger partial charge in [-0.15, -0.1) is 5.10 Å². The van der Waals surface area contributed by atoms with Crippen molar-refractivity contribution in [2.45, 2.75) is 20.8 Å². The number of hydrogen-bond acceptors (Lipinski definition) is 6. The van der Waals surface area contributed by atoms with E-state index in [4.69, 9.17) is 14.2 Å². The predicted octanol–water partition coefficient (Wildman–Crippen LogP) is 2.45. The van der Waals surface area contributed by atoms with E-state index in [1.807, 2.05) is 13.8 Å². The summed E-state index contributed by atoms with van der Waals surface area (Å²) < 4.78 is 16.1. The third-order valence-electron chi connectivity index (χ3n) is 2.83. The fraction of sp³-hybridized carbons (Fsp3) is 0.400. The van der Waals surface area contributed by atoms with E-state index in [2.05, 4.69) is 15.4 Å². The number of benzene rings is 1. The molecule has 22 heavy (non-hydrogen) atoms. The van der Waals surface area contributed by atoms with Crippen molar-refractivity contribution in [3.8, 4) is 22.8 Å². The molecule has 0 aliphatic heterocycles. The molecule has 7 heteroatoms. The molecule has 1 aromatic carbocycles. The number of aromatic nitrogens is 3. The third-order valence-corrected chi connectivity index (χ3v) is 2.83. The molecule has 0 aliphatic rings.